The summed E-state index contributed by atoms with van der Waals surface area (Å²) < 4.78 is 18.8. The minimum Gasteiger partial charge on any atom is -0.497 e. The smallest absolute Gasteiger partial charge is 0.213 e. The lowest BCUT2D eigenvalue weighted by molar-refractivity contribution is -0.0191. The standard InChI is InChI=1S/C29H31BrN2O3/c1-3-4-5-6-17-34-24-14-9-21(10-15-24)29-32-27(25-18-22(30)11-16-28(25)35-29)19-26(31-32)20-7-12-23(33-2)13-8-20/h7-16,18,27,29H,3-6,17,19H2,1-2H3. The van der Waals surface area contributed by atoms with Crippen LogP contribution in [0.2, 0.25) is 0 Å². The van der Waals surface area contributed by atoms with Gasteiger partial charge in [-0.2, -0.15) is 5.10 Å². The van der Waals surface area contributed by atoms with E-state index in [0.717, 1.165) is 63.6 Å². The average molecular weight is 535 g/mol. The predicted molar refractivity (Wildman–Crippen MR) is 142 cm³/mol. The summed E-state index contributed by atoms with van der Waals surface area (Å²) in [5.41, 5.74) is 4.35. The van der Waals surface area contributed by atoms with Crippen LogP contribution in [0.5, 0.6) is 17.2 Å². The molecule has 5 rings (SSSR count). The van der Waals surface area contributed by atoms with E-state index < -0.39 is 0 Å². The summed E-state index contributed by atoms with van der Waals surface area (Å²) in [6.45, 7) is 2.98. The van der Waals surface area contributed by atoms with Crippen LogP contribution < -0.4 is 14.2 Å². The molecule has 35 heavy (non-hydrogen) atoms. The van der Waals surface area contributed by atoms with E-state index >= 15 is 0 Å². The predicted octanol–water partition coefficient (Wildman–Crippen LogP) is 7.66. The zero-order chi connectivity index (χ0) is 24.2. The molecule has 2 unspecified atom stereocenters. The van der Waals surface area contributed by atoms with Gasteiger partial charge in [0.15, 0.2) is 0 Å². The zero-order valence-corrected chi connectivity index (χ0v) is 21.8. The van der Waals surface area contributed by atoms with Crippen molar-refractivity contribution in [1.29, 1.82) is 0 Å². The maximum absolute atomic E-state index is 6.51. The molecular formula is C29H31BrN2O3. The Morgan fingerprint density at radius 1 is 0.971 bits per heavy atom. The van der Waals surface area contributed by atoms with Crippen LogP contribution in [0.25, 0.3) is 0 Å². The normalized spacial score (nSPS) is 18.4. The van der Waals surface area contributed by atoms with Gasteiger partial charge >= 0.3 is 0 Å². The Kier molecular flexibility index (Phi) is 7.28. The molecule has 3 aromatic rings. The Morgan fingerprint density at radius 2 is 1.74 bits per heavy atom. The van der Waals surface area contributed by atoms with Crippen LogP contribution in [0.15, 0.2) is 76.3 Å². The Balaban J connectivity index is 1.39. The van der Waals surface area contributed by atoms with E-state index in [1.54, 1.807) is 7.11 Å². The summed E-state index contributed by atoms with van der Waals surface area (Å²) in [6, 6.07) is 22.7. The molecular weight excluding hydrogens is 504 g/mol. The molecule has 2 aliphatic heterocycles. The number of fused-ring (bicyclic) bond motifs is 3. The van der Waals surface area contributed by atoms with Gasteiger partial charge in [-0.1, -0.05) is 42.1 Å². The number of hydrogen-bond acceptors (Lipinski definition) is 5. The number of methoxy groups -OCH3 is 1. The number of nitrogens with zero attached hydrogens (tertiary/aromatic N) is 2. The lowest BCUT2D eigenvalue weighted by Crippen LogP contribution is -2.33. The van der Waals surface area contributed by atoms with E-state index in [2.05, 4.69) is 58.2 Å². The van der Waals surface area contributed by atoms with E-state index in [-0.39, 0.29) is 12.3 Å². The van der Waals surface area contributed by atoms with Crippen molar-refractivity contribution in [1.82, 2.24) is 5.01 Å². The van der Waals surface area contributed by atoms with Gasteiger partial charge in [-0.3, -0.25) is 0 Å². The molecule has 0 saturated carbocycles. The van der Waals surface area contributed by atoms with E-state index in [4.69, 9.17) is 19.3 Å². The van der Waals surface area contributed by atoms with Crippen LogP contribution in [0.1, 0.15) is 68.0 Å². The fourth-order valence-electron chi connectivity index (χ4n) is 4.68. The van der Waals surface area contributed by atoms with Crippen LogP contribution in [-0.4, -0.2) is 24.4 Å². The molecule has 0 spiro atoms. The average Bonchev–Trinajstić information content (AvgIpc) is 3.35. The van der Waals surface area contributed by atoms with Crippen molar-refractivity contribution in [2.45, 2.75) is 51.3 Å². The quantitative estimate of drug-likeness (QED) is 0.264. The number of hydrazone groups is 1. The van der Waals surface area contributed by atoms with Crippen LogP contribution in [0.3, 0.4) is 0 Å². The molecule has 6 heteroatoms. The molecule has 0 bridgehead atoms. The molecule has 0 radical (unpaired) electrons. The topological polar surface area (TPSA) is 43.3 Å². The van der Waals surface area contributed by atoms with E-state index in [9.17, 15) is 0 Å². The van der Waals surface area contributed by atoms with Gasteiger partial charge in [0.05, 0.1) is 25.5 Å². The van der Waals surface area contributed by atoms with Gasteiger partial charge < -0.3 is 14.2 Å². The van der Waals surface area contributed by atoms with E-state index in [1.165, 1.54) is 19.3 Å². The Morgan fingerprint density at radius 3 is 2.49 bits per heavy atom. The van der Waals surface area contributed by atoms with Gasteiger partial charge in [-0.05, 0) is 78.7 Å². The SMILES string of the molecule is CCCCCCOc1ccc(C2Oc3ccc(Br)cc3C3CC(c4ccc(OC)cc4)=NN32)cc1. The van der Waals surface area contributed by atoms with Crippen molar-refractivity contribution in [2.24, 2.45) is 5.10 Å². The van der Waals surface area contributed by atoms with Crippen LogP contribution in [-0.2, 0) is 0 Å². The maximum atomic E-state index is 6.51. The first-order valence-corrected chi connectivity index (χ1v) is 13.1. The summed E-state index contributed by atoms with van der Waals surface area (Å²) in [6.07, 6.45) is 5.31. The second kappa shape index (κ2) is 10.7. The lowest BCUT2D eigenvalue weighted by Gasteiger charge is -2.38. The summed E-state index contributed by atoms with van der Waals surface area (Å²) in [7, 11) is 1.68. The fraction of sp³-hybridized carbons (Fsp3) is 0.345. The third-order valence-electron chi connectivity index (χ3n) is 6.61. The van der Waals surface area contributed by atoms with Gasteiger partial charge in [0.1, 0.15) is 17.2 Å². The molecule has 5 nitrogen and oxygen atoms in total. The first kappa shape index (κ1) is 23.7. The lowest BCUT2D eigenvalue weighted by atomic mass is 9.96. The third kappa shape index (κ3) is 5.18. The van der Waals surface area contributed by atoms with E-state index in [1.807, 2.05) is 36.4 Å². The molecule has 3 aromatic carbocycles. The van der Waals surface area contributed by atoms with Crippen LogP contribution in [0, 0.1) is 0 Å². The highest BCUT2D eigenvalue weighted by Gasteiger charge is 2.41. The fourth-order valence-corrected chi connectivity index (χ4v) is 5.06. The summed E-state index contributed by atoms with van der Waals surface area (Å²) >= 11 is 3.63. The molecule has 0 aliphatic carbocycles. The van der Waals surface area contributed by atoms with Gasteiger partial charge in [0.2, 0.25) is 6.23 Å². The molecule has 182 valence electrons. The number of ether oxygens (including phenoxy) is 3. The van der Waals surface area contributed by atoms with Gasteiger partial charge in [0, 0.05) is 22.0 Å². The highest BCUT2D eigenvalue weighted by Crippen LogP contribution is 2.48. The minimum atomic E-state index is -0.303. The monoisotopic (exact) mass is 534 g/mol. The van der Waals surface area contributed by atoms with Crippen molar-refractivity contribution < 1.29 is 14.2 Å². The zero-order valence-electron chi connectivity index (χ0n) is 20.2. The Hall–Kier alpha value is -2.99. The van der Waals surface area contributed by atoms with E-state index in [0.29, 0.717) is 0 Å². The highest BCUT2D eigenvalue weighted by atomic mass is 79.9. The maximum Gasteiger partial charge on any atom is 0.213 e. The Labute approximate surface area is 215 Å². The molecule has 0 amide bonds. The van der Waals surface area contributed by atoms with Crippen molar-refractivity contribution in [3.63, 3.8) is 0 Å². The second-order valence-corrected chi connectivity index (χ2v) is 9.92. The van der Waals surface area contributed by atoms with Crippen molar-refractivity contribution in [3.8, 4) is 17.2 Å². The molecule has 0 fully saturated rings. The number of rotatable bonds is 9. The Bertz CT molecular complexity index is 1180. The van der Waals surface area contributed by atoms with Crippen LogP contribution in [0.4, 0.5) is 0 Å². The van der Waals surface area contributed by atoms with Gasteiger partial charge in [0.25, 0.3) is 0 Å². The first-order valence-electron chi connectivity index (χ1n) is 12.4. The molecule has 2 aliphatic rings. The summed E-state index contributed by atoms with van der Waals surface area (Å²) in [4.78, 5) is 0. The summed E-state index contributed by atoms with van der Waals surface area (Å²) in [5.74, 6) is 2.64. The van der Waals surface area contributed by atoms with Gasteiger partial charge in [-0.25, -0.2) is 5.01 Å². The molecule has 0 saturated heterocycles. The second-order valence-electron chi connectivity index (χ2n) is 9.01. The number of benzene rings is 3. The largest absolute Gasteiger partial charge is 0.497 e. The number of unbranched alkanes of at least 4 members (excludes halogenated alkanes) is 3. The minimum absolute atomic E-state index is 0.104. The number of halogens is 1. The number of hydrogen-bond donors (Lipinski definition) is 0. The van der Waals surface area contributed by atoms with Crippen molar-refractivity contribution in [2.75, 3.05) is 13.7 Å². The first-order chi connectivity index (χ1) is 17.2. The highest BCUT2D eigenvalue weighted by molar-refractivity contribution is 9.10. The van der Waals surface area contributed by atoms with Crippen LogP contribution >= 0.6 is 15.9 Å². The molecule has 0 N–H and O–H groups in total. The molecule has 2 heterocycles. The summed E-state index contributed by atoms with van der Waals surface area (Å²) in [5, 5.41) is 7.17. The third-order valence-corrected chi connectivity index (χ3v) is 7.10. The molecule has 2 atom stereocenters. The van der Waals surface area contributed by atoms with Crippen molar-refractivity contribution >= 4 is 21.6 Å². The van der Waals surface area contributed by atoms with Crippen molar-refractivity contribution in [3.05, 3.63) is 87.9 Å². The molecule has 0 aromatic heterocycles. The van der Waals surface area contributed by atoms with Gasteiger partial charge in [-0.15, -0.1) is 0 Å².